The molecule has 0 aromatic heterocycles. The fraction of sp³-hybridized carbons (Fsp3) is 0.300. The molecule has 0 saturated heterocycles. The van der Waals surface area contributed by atoms with Gasteiger partial charge in [0.2, 0.25) is 0 Å². The first-order valence-corrected chi connectivity index (χ1v) is 5.65. The molecule has 0 saturated carbocycles. The molecule has 0 radical (unpaired) electrons. The van der Waals surface area contributed by atoms with Gasteiger partial charge in [0.1, 0.15) is 6.07 Å². The molecule has 0 bridgehead atoms. The predicted molar refractivity (Wildman–Crippen MR) is 60.0 cm³/mol. The van der Waals surface area contributed by atoms with Crippen LogP contribution in [0.3, 0.4) is 0 Å². The molecule has 0 spiro atoms. The Bertz CT molecular complexity index is 378. The van der Waals surface area contributed by atoms with Crippen molar-refractivity contribution in [2.45, 2.75) is 11.0 Å². The molecule has 0 heterocycles. The lowest BCUT2D eigenvalue weighted by Gasteiger charge is -2.07. The van der Waals surface area contributed by atoms with Crippen LogP contribution in [-0.4, -0.2) is 28.7 Å². The minimum atomic E-state index is -0.777. The van der Waals surface area contributed by atoms with Crippen molar-refractivity contribution >= 4 is 23.4 Å². The summed E-state index contributed by atoms with van der Waals surface area (Å²) in [6.07, 6.45) is -0.777. The average molecular weight is 244 g/mol. The summed E-state index contributed by atoms with van der Waals surface area (Å²) in [5, 5.41) is 27.2. The van der Waals surface area contributed by atoms with Gasteiger partial charge in [0, 0.05) is 15.7 Å². The van der Waals surface area contributed by atoms with Gasteiger partial charge in [-0.2, -0.15) is 5.26 Å². The molecule has 0 aliphatic heterocycles. The van der Waals surface area contributed by atoms with Crippen LogP contribution in [0.1, 0.15) is 5.56 Å². The van der Waals surface area contributed by atoms with Crippen molar-refractivity contribution in [3.63, 3.8) is 0 Å². The Labute approximate surface area is 97.3 Å². The van der Waals surface area contributed by atoms with E-state index in [9.17, 15) is 0 Å². The van der Waals surface area contributed by atoms with Crippen LogP contribution in [0.5, 0.6) is 0 Å². The Hall–Kier alpha value is -0.730. The Morgan fingerprint density at radius 1 is 1.53 bits per heavy atom. The van der Waals surface area contributed by atoms with Gasteiger partial charge < -0.3 is 10.2 Å². The molecule has 5 heteroatoms. The minimum absolute atomic E-state index is 0.282. The maximum absolute atomic E-state index is 9.17. The van der Waals surface area contributed by atoms with E-state index >= 15 is 0 Å². The van der Waals surface area contributed by atoms with Gasteiger partial charge in [0.05, 0.1) is 18.3 Å². The molecule has 1 atom stereocenters. The van der Waals surface area contributed by atoms with Gasteiger partial charge in [-0.1, -0.05) is 11.6 Å². The summed E-state index contributed by atoms with van der Waals surface area (Å²) in [7, 11) is 0. The van der Waals surface area contributed by atoms with E-state index in [2.05, 4.69) is 0 Å². The van der Waals surface area contributed by atoms with Crippen molar-refractivity contribution in [2.75, 3.05) is 12.4 Å². The second-order valence-corrected chi connectivity index (χ2v) is 4.40. The molecule has 2 N–H and O–H groups in total. The van der Waals surface area contributed by atoms with Crippen molar-refractivity contribution in [3.8, 4) is 6.07 Å². The third-order valence-corrected chi connectivity index (χ3v) is 3.14. The highest BCUT2D eigenvalue weighted by Crippen LogP contribution is 2.26. The lowest BCUT2D eigenvalue weighted by atomic mass is 10.2. The molecule has 1 aromatic rings. The largest absolute Gasteiger partial charge is 0.394 e. The quantitative estimate of drug-likeness (QED) is 0.790. The maximum Gasteiger partial charge on any atom is 0.100 e. The zero-order valence-electron chi connectivity index (χ0n) is 7.85. The summed E-state index contributed by atoms with van der Waals surface area (Å²) in [6.45, 7) is -0.282. The minimum Gasteiger partial charge on any atom is -0.394 e. The maximum atomic E-state index is 9.17. The smallest absolute Gasteiger partial charge is 0.100 e. The first kappa shape index (κ1) is 12.3. The van der Waals surface area contributed by atoms with Crippen LogP contribution in [0.25, 0.3) is 0 Å². The first-order chi connectivity index (χ1) is 7.17. The van der Waals surface area contributed by atoms with E-state index in [1.165, 1.54) is 11.8 Å². The highest BCUT2D eigenvalue weighted by Gasteiger charge is 2.07. The number of rotatable bonds is 4. The van der Waals surface area contributed by atoms with Gasteiger partial charge >= 0.3 is 0 Å². The number of benzene rings is 1. The van der Waals surface area contributed by atoms with Crippen LogP contribution >= 0.6 is 23.4 Å². The molecule has 0 fully saturated rings. The molecular weight excluding hydrogens is 234 g/mol. The van der Waals surface area contributed by atoms with E-state index in [1.807, 2.05) is 6.07 Å². The van der Waals surface area contributed by atoms with Crippen molar-refractivity contribution < 1.29 is 10.2 Å². The normalized spacial score (nSPS) is 12.1. The van der Waals surface area contributed by atoms with E-state index in [-0.39, 0.29) is 6.61 Å². The molecule has 0 aliphatic rings. The van der Waals surface area contributed by atoms with Gasteiger partial charge in [0.15, 0.2) is 0 Å². The van der Waals surface area contributed by atoms with Crippen molar-refractivity contribution in [1.29, 1.82) is 5.26 Å². The number of halogens is 1. The Morgan fingerprint density at radius 2 is 2.27 bits per heavy atom. The fourth-order valence-corrected chi connectivity index (χ4v) is 2.14. The van der Waals surface area contributed by atoms with Crippen LogP contribution < -0.4 is 0 Å². The third kappa shape index (κ3) is 3.73. The number of thioether (sulfide) groups is 1. The Morgan fingerprint density at radius 3 is 2.87 bits per heavy atom. The van der Waals surface area contributed by atoms with E-state index in [1.54, 1.807) is 18.2 Å². The standard InChI is InChI=1S/C10H10ClNO2S/c11-8-2-1-7(4-12)10(3-8)15-6-9(14)5-13/h1-3,9,13-14H,5-6H2. The molecule has 0 aliphatic carbocycles. The first-order valence-electron chi connectivity index (χ1n) is 4.28. The Kier molecular flexibility index (Phi) is 4.92. The zero-order valence-corrected chi connectivity index (χ0v) is 9.42. The van der Waals surface area contributed by atoms with Crippen molar-refractivity contribution in [1.82, 2.24) is 0 Å². The number of nitriles is 1. The summed E-state index contributed by atoms with van der Waals surface area (Å²) < 4.78 is 0. The molecule has 1 rings (SSSR count). The van der Waals surface area contributed by atoms with Crippen LogP contribution in [0.15, 0.2) is 23.1 Å². The summed E-state index contributed by atoms with van der Waals surface area (Å²) in [5.41, 5.74) is 0.523. The number of nitrogens with zero attached hydrogens (tertiary/aromatic N) is 1. The topological polar surface area (TPSA) is 64.2 Å². The van der Waals surface area contributed by atoms with Gasteiger partial charge in [0.25, 0.3) is 0 Å². The number of hydrogen-bond acceptors (Lipinski definition) is 4. The van der Waals surface area contributed by atoms with E-state index in [0.29, 0.717) is 16.3 Å². The van der Waals surface area contributed by atoms with E-state index < -0.39 is 6.10 Å². The fourth-order valence-electron chi connectivity index (χ4n) is 0.947. The second kappa shape index (κ2) is 5.99. The molecule has 1 unspecified atom stereocenters. The molecule has 0 amide bonds. The number of aliphatic hydroxyl groups excluding tert-OH is 2. The molecular formula is C10H10ClNO2S. The third-order valence-electron chi connectivity index (χ3n) is 1.71. The second-order valence-electron chi connectivity index (χ2n) is 2.90. The van der Waals surface area contributed by atoms with Gasteiger partial charge in [-0.05, 0) is 18.2 Å². The molecule has 15 heavy (non-hydrogen) atoms. The van der Waals surface area contributed by atoms with Gasteiger partial charge in [-0.3, -0.25) is 0 Å². The Balaban J connectivity index is 2.75. The number of hydrogen-bond donors (Lipinski definition) is 2. The summed E-state index contributed by atoms with van der Waals surface area (Å²) >= 11 is 7.09. The van der Waals surface area contributed by atoms with Crippen molar-refractivity contribution in [3.05, 3.63) is 28.8 Å². The SMILES string of the molecule is N#Cc1ccc(Cl)cc1SCC(O)CO. The monoisotopic (exact) mass is 243 g/mol. The van der Waals surface area contributed by atoms with Gasteiger partial charge in [-0.25, -0.2) is 0 Å². The van der Waals surface area contributed by atoms with Gasteiger partial charge in [-0.15, -0.1) is 11.8 Å². The average Bonchev–Trinajstić information content (AvgIpc) is 2.26. The summed E-state index contributed by atoms with van der Waals surface area (Å²) in [6, 6.07) is 7.00. The van der Waals surface area contributed by atoms with E-state index in [0.717, 1.165) is 4.90 Å². The molecule has 1 aromatic carbocycles. The number of aliphatic hydroxyl groups is 2. The molecule has 3 nitrogen and oxygen atoms in total. The van der Waals surface area contributed by atoms with Crippen molar-refractivity contribution in [2.24, 2.45) is 0 Å². The highest BCUT2D eigenvalue weighted by molar-refractivity contribution is 7.99. The lowest BCUT2D eigenvalue weighted by Crippen LogP contribution is -2.14. The predicted octanol–water partition coefficient (Wildman–Crippen LogP) is 1.66. The summed E-state index contributed by atoms with van der Waals surface area (Å²) in [5.74, 6) is 0.339. The van der Waals surface area contributed by atoms with Crippen LogP contribution in [0.2, 0.25) is 5.02 Å². The lowest BCUT2D eigenvalue weighted by molar-refractivity contribution is 0.113. The molecule has 80 valence electrons. The zero-order chi connectivity index (χ0) is 11.3. The summed E-state index contributed by atoms with van der Waals surface area (Å²) in [4.78, 5) is 0.720. The van der Waals surface area contributed by atoms with E-state index in [4.69, 9.17) is 27.1 Å². The van der Waals surface area contributed by atoms with Crippen LogP contribution in [0.4, 0.5) is 0 Å². The van der Waals surface area contributed by atoms with Crippen LogP contribution in [0, 0.1) is 11.3 Å². The highest BCUT2D eigenvalue weighted by atomic mass is 35.5. The van der Waals surface area contributed by atoms with Crippen LogP contribution in [-0.2, 0) is 0 Å².